The highest BCUT2D eigenvalue weighted by molar-refractivity contribution is 5.88. The molecule has 20 heavy (non-hydrogen) atoms. The molecule has 2 heterocycles. The summed E-state index contributed by atoms with van der Waals surface area (Å²) in [6.45, 7) is 6.62. The number of hydrogen-bond acceptors (Lipinski definition) is 2. The molecule has 0 saturated heterocycles. The second-order valence-electron chi connectivity index (χ2n) is 6.06. The van der Waals surface area contributed by atoms with Crippen molar-refractivity contribution in [1.29, 1.82) is 0 Å². The van der Waals surface area contributed by atoms with Crippen LogP contribution >= 0.6 is 0 Å². The number of fused-ring (bicyclic) bond motifs is 1. The van der Waals surface area contributed by atoms with Crippen molar-refractivity contribution in [3.8, 4) is 11.3 Å². The highest BCUT2D eigenvalue weighted by Gasteiger charge is 2.19. The van der Waals surface area contributed by atoms with Gasteiger partial charge in [-0.15, -0.1) is 0 Å². The van der Waals surface area contributed by atoms with Crippen molar-refractivity contribution in [3.05, 3.63) is 60.6 Å². The lowest BCUT2D eigenvalue weighted by atomic mass is 9.87. The smallest absolute Gasteiger partial charge is 0.0713 e. The van der Waals surface area contributed by atoms with Gasteiger partial charge in [0.2, 0.25) is 0 Å². The van der Waals surface area contributed by atoms with Gasteiger partial charge < -0.3 is 0 Å². The number of nitrogens with zero attached hydrogens (tertiary/aromatic N) is 2. The molecule has 2 heteroatoms. The summed E-state index contributed by atoms with van der Waals surface area (Å²) >= 11 is 0. The Morgan fingerprint density at radius 2 is 1.60 bits per heavy atom. The first kappa shape index (κ1) is 12.8. The zero-order valence-corrected chi connectivity index (χ0v) is 12.1. The fraction of sp³-hybridized carbons (Fsp3) is 0.222. The van der Waals surface area contributed by atoms with E-state index < -0.39 is 0 Å². The van der Waals surface area contributed by atoms with Crippen LogP contribution in [0.2, 0.25) is 0 Å². The predicted molar refractivity (Wildman–Crippen MR) is 83.7 cm³/mol. The molecular weight excluding hydrogens is 244 g/mol. The van der Waals surface area contributed by atoms with Crippen molar-refractivity contribution in [2.24, 2.45) is 0 Å². The Hall–Kier alpha value is -2.22. The van der Waals surface area contributed by atoms with E-state index in [0.29, 0.717) is 0 Å². The van der Waals surface area contributed by atoms with Gasteiger partial charge in [-0.1, -0.05) is 45.0 Å². The average molecular weight is 262 g/mol. The third kappa shape index (κ3) is 2.29. The summed E-state index contributed by atoms with van der Waals surface area (Å²) in [4.78, 5) is 8.99. The SMILES string of the molecule is CC(C)(C)c1nc(-c2ccncc2)cc2ccccc12. The van der Waals surface area contributed by atoms with Crippen LogP contribution in [0.3, 0.4) is 0 Å². The summed E-state index contributed by atoms with van der Waals surface area (Å²) in [5.74, 6) is 0. The Bertz CT molecular complexity index is 740. The number of pyridine rings is 2. The Morgan fingerprint density at radius 3 is 2.30 bits per heavy atom. The summed E-state index contributed by atoms with van der Waals surface area (Å²) in [7, 11) is 0. The van der Waals surface area contributed by atoms with Gasteiger partial charge in [-0.3, -0.25) is 9.97 Å². The van der Waals surface area contributed by atoms with Gasteiger partial charge in [0.15, 0.2) is 0 Å². The van der Waals surface area contributed by atoms with Crippen LogP contribution in [-0.4, -0.2) is 9.97 Å². The summed E-state index contributed by atoms with van der Waals surface area (Å²) in [6, 6.07) is 14.6. The monoisotopic (exact) mass is 262 g/mol. The van der Waals surface area contributed by atoms with Crippen molar-refractivity contribution in [3.63, 3.8) is 0 Å². The molecule has 3 aromatic rings. The van der Waals surface area contributed by atoms with Crippen LogP contribution in [0.5, 0.6) is 0 Å². The van der Waals surface area contributed by atoms with Crippen molar-refractivity contribution < 1.29 is 0 Å². The molecule has 0 atom stereocenters. The molecule has 2 aromatic heterocycles. The molecule has 0 bridgehead atoms. The van der Waals surface area contributed by atoms with E-state index in [0.717, 1.165) is 17.0 Å². The fourth-order valence-electron chi connectivity index (χ4n) is 2.44. The largest absolute Gasteiger partial charge is 0.265 e. The molecule has 100 valence electrons. The molecule has 3 rings (SSSR count). The van der Waals surface area contributed by atoms with Crippen molar-refractivity contribution >= 4 is 10.8 Å². The van der Waals surface area contributed by atoms with Crippen LogP contribution < -0.4 is 0 Å². The number of aromatic nitrogens is 2. The zero-order valence-electron chi connectivity index (χ0n) is 12.1. The van der Waals surface area contributed by atoms with Crippen molar-refractivity contribution in [2.45, 2.75) is 26.2 Å². The van der Waals surface area contributed by atoms with Gasteiger partial charge in [0.1, 0.15) is 0 Å². The van der Waals surface area contributed by atoms with E-state index >= 15 is 0 Å². The Balaban J connectivity index is 2.31. The lowest BCUT2D eigenvalue weighted by Crippen LogP contribution is -2.14. The average Bonchev–Trinajstić information content (AvgIpc) is 2.46. The Labute approximate surface area is 119 Å². The van der Waals surface area contributed by atoms with Crippen LogP contribution in [0.4, 0.5) is 0 Å². The lowest BCUT2D eigenvalue weighted by molar-refractivity contribution is 0.576. The lowest BCUT2D eigenvalue weighted by Gasteiger charge is -2.21. The van der Waals surface area contributed by atoms with Crippen LogP contribution in [0.1, 0.15) is 26.5 Å². The van der Waals surface area contributed by atoms with E-state index in [1.54, 1.807) is 0 Å². The van der Waals surface area contributed by atoms with Crippen LogP contribution in [0.25, 0.3) is 22.0 Å². The van der Waals surface area contributed by atoms with Gasteiger partial charge in [-0.05, 0) is 23.6 Å². The molecule has 0 aliphatic carbocycles. The van der Waals surface area contributed by atoms with E-state index in [4.69, 9.17) is 4.98 Å². The van der Waals surface area contributed by atoms with Gasteiger partial charge in [-0.2, -0.15) is 0 Å². The van der Waals surface area contributed by atoms with Gasteiger partial charge >= 0.3 is 0 Å². The molecule has 0 fully saturated rings. The summed E-state index contributed by atoms with van der Waals surface area (Å²) in [6.07, 6.45) is 3.62. The topological polar surface area (TPSA) is 25.8 Å². The Kier molecular flexibility index (Phi) is 3.01. The van der Waals surface area contributed by atoms with Gasteiger partial charge in [0, 0.05) is 28.8 Å². The van der Waals surface area contributed by atoms with Crippen molar-refractivity contribution in [2.75, 3.05) is 0 Å². The molecule has 2 nitrogen and oxygen atoms in total. The molecule has 0 unspecified atom stereocenters. The summed E-state index contributed by atoms with van der Waals surface area (Å²) in [5, 5.41) is 2.47. The molecule has 0 aliphatic heterocycles. The molecule has 0 N–H and O–H groups in total. The molecule has 0 amide bonds. The predicted octanol–water partition coefficient (Wildman–Crippen LogP) is 4.59. The van der Waals surface area contributed by atoms with E-state index in [2.05, 4.69) is 56.1 Å². The third-order valence-corrected chi connectivity index (χ3v) is 3.43. The minimum atomic E-state index is 0.0165. The van der Waals surface area contributed by atoms with Gasteiger partial charge in [-0.25, -0.2) is 0 Å². The first-order valence-corrected chi connectivity index (χ1v) is 6.86. The van der Waals surface area contributed by atoms with E-state index in [9.17, 15) is 0 Å². The third-order valence-electron chi connectivity index (χ3n) is 3.43. The minimum Gasteiger partial charge on any atom is -0.265 e. The zero-order chi connectivity index (χ0) is 14.2. The molecule has 1 aromatic carbocycles. The number of rotatable bonds is 1. The quantitative estimate of drug-likeness (QED) is 0.640. The maximum Gasteiger partial charge on any atom is 0.0713 e. The normalized spacial score (nSPS) is 11.8. The number of benzene rings is 1. The highest BCUT2D eigenvalue weighted by atomic mass is 14.7. The second-order valence-corrected chi connectivity index (χ2v) is 6.06. The fourth-order valence-corrected chi connectivity index (χ4v) is 2.44. The first-order chi connectivity index (χ1) is 9.55. The van der Waals surface area contributed by atoms with E-state index in [-0.39, 0.29) is 5.41 Å². The van der Waals surface area contributed by atoms with Crippen molar-refractivity contribution in [1.82, 2.24) is 9.97 Å². The summed E-state index contributed by atoms with van der Waals surface area (Å²) in [5.41, 5.74) is 3.28. The summed E-state index contributed by atoms with van der Waals surface area (Å²) < 4.78 is 0. The van der Waals surface area contributed by atoms with E-state index in [1.165, 1.54) is 10.8 Å². The highest BCUT2D eigenvalue weighted by Crippen LogP contribution is 2.31. The standard InChI is InChI=1S/C18H18N2/c1-18(2,3)17-15-7-5-4-6-14(15)12-16(20-17)13-8-10-19-11-9-13/h4-12H,1-3H3. The minimum absolute atomic E-state index is 0.0165. The van der Waals surface area contributed by atoms with E-state index in [1.807, 2.05) is 24.5 Å². The van der Waals surface area contributed by atoms with Crippen LogP contribution in [-0.2, 0) is 5.41 Å². The number of hydrogen-bond donors (Lipinski definition) is 0. The van der Waals surface area contributed by atoms with Gasteiger partial charge in [0.05, 0.1) is 11.4 Å². The molecule has 0 aliphatic rings. The van der Waals surface area contributed by atoms with Crippen LogP contribution in [0.15, 0.2) is 54.9 Å². The maximum atomic E-state index is 4.91. The first-order valence-electron chi connectivity index (χ1n) is 6.86. The molecule has 0 saturated carbocycles. The van der Waals surface area contributed by atoms with Crippen LogP contribution in [0, 0.1) is 0 Å². The van der Waals surface area contributed by atoms with Gasteiger partial charge in [0.25, 0.3) is 0 Å². The molecule has 0 radical (unpaired) electrons. The Morgan fingerprint density at radius 1 is 0.900 bits per heavy atom. The molecular formula is C18H18N2. The maximum absolute atomic E-state index is 4.91. The second kappa shape index (κ2) is 4.71. The molecule has 0 spiro atoms.